The summed E-state index contributed by atoms with van der Waals surface area (Å²) in [6, 6.07) is 1.02. The van der Waals surface area contributed by atoms with Crippen molar-refractivity contribution in [1.82, 2.24) is 15.7 Å². The van der Waals surface area contributed by atoms with Crippen LogP contribution in [0.4, 0.5) is 29.5 Å². The molecule has 1 aliphatic rings. The quantitative estimate of drug-likeness (QED) is 0.708. The molecule has 0 saturated carbocycles. The van der Waals surface area contributed by atoms with Crippen molar-refractivity contribution in [1.29, 1.82) is 0 Å². The number of nitrogens with one attached hydrogen (secondary N) is 3. The molecular formula is C13H17BrF3N5O2. The summed E-state index contributed by atoms with van der Waals surface area (Å²) in [6.07, 6.45) is -3.12. The minimum Gasteiger partial charge on any atom is -0.366 e. The van der Waals surface area contributed by atoms with Gasteiger partial charge in [-0.15, -0.1) is 0 Å². The van der Waals surface area contributed by atoms with Gasteiger partial charge in [-0.3, -0.25) is 5.32 Å². The molecule has 3 N–H and O–H groups in total. The number of hydrazine groups is 1. The predicted molar refractivity (Wildman–Crippen MR) is 85.8 cm³/mol. The van der Waals surface area contributed by atoms with Crippen molar-refractivity contribution in [3.8, 4) is 0 Å². The molecule has 134 valence electrons. The molecule has 2 amide bonds. The Morgan fingerprint density at radius 2 is 2.29 bits per heavy atom. The molecule has 2 heterocycles. The summed E-state index contributed by atoms with van der Waals surface area (Å²) in [5.41, 5.74) is 0.770. The number of rotatable bonds is 4. The first-order chi connectivity index (χ1) is 11.2. The van der Waals surface area contributed by atoms with Crippen LogP contribution in [-0.2, 0) is 4.74 Å². The number of methoxy groups -OCH3 is 1. The number of alkyl halides is 3. The third kappa shape index (κ3) is 3.73. The van der Waals surface area contributed by atoms with E-state index >= 15 is 0 Å². The van der Waals surface area contributed by atoms with E-state index in [2.05, 4.69) is 37.0 Å². The van der Waals surface area contributed by atoms with Crippen LogP contribution in [0.2, 0.25) is 0 Å². The van der Waals surface area contributed by atoms with Gasteiger partial charge in [0.25, 0.3) is 0 Å². The molecule has 1 aromatic rings. The normalized spacial score (nSPS) is 21.0. The number of hydrogen-bond donors (Lipinski definition) is 3. The van der Waals surface area contributed by atoms with E-state index in [4.69, 9.17) is 4.74 Å². The molecule has 1 aromatic heterocycles. The number of aromatic nitrogens is 1. The zero-order chi connectivity index (χ0) is 18.0. The second-order valence-electron chi connectivity index (χ2n) is 5.12. The van der Waals surface area contributed by atoms with Crippen LogP contribution in [0.25, 0.3) is 0 Å². The number of nitrogens with zero attached hydrogens (tertiary/aromatic N) is 2. The molecule has 1 fully saturated rings. The van der Waals surface area contributed by atoms with Crippen LogP contribution in [-0.4, -0.2) is 49.5 Å². The second kappa shape index (κ2) is 7.11. The Kier molecular flexibility index (Phi) is 5.56. The number of halogens is 4. The van der Waals surface area contributed by atoms with Gasteiger partial charge >= 0.3 is 12.2 Å². The van der Waals surface area contributed by atoms with Crippen LogP contribution in [0.5, 0.6) is 0 Å². The number of ether oxygens (including phenoxy) is 1. The van der Waals surface area contributed by atoms with Crippen molar-refractivity contribution in [2.24, 2.45) is 0 Å². The Morgan fingerprint density at radius 3 is 2.83 bits per heavy atom. The van der Waals surface area contributed by atoms with E-state index in [1.807, 2.05) is 0 Å². The lowest BCUT2D eigenvalue weighted by Crippen LogP contribution is -2.51. The van der Waals surface area contributed by atoms with Gasteiger partial charge in [0.15, 0.2) is 5.60 Å². The van der Waals surface area contributed by atoms with Gasteiger partial charge < -0.3 is 15.1 Å². The van der Waals surface area contributed by atoms with E-state index in [1.54, 1.807) is 6.92 Å². The van der Waals surface area contributed by atoms with E-state index in [9.17, 15) is 18.0 Å². The van der Waals surface area contributed by atoms with Crippen LogP contribution in [0.15, 0.2) is 16.7 Å². The first-order valence-electron chi connectivity index (χ1n) is 7.06. The van der Waals surface area contributed by atoms with Crippen LogP contribution in [0.3, 0.4) is 0 Å². The molecular weight excluding hydrogens is 395 g/mol. The Bertz CT molecular complexity index is 616. The topological polar surface area (TPSA) is 78.5 Å². The largest absolute Gasteiger partial charge is 0.420 e. The highest BCUT2D eigenvalue weighted by molar-refractivity contribution is 9.10. The van der Waals surface area contributed by atoms with Crippen molar-refractivity contribution in [3.63, 3.8) is 0 Å². The van der Waals surface area contributed by atoms with Gasteiger partial charge in [-0.05, 0) is 22.9 Å². The van der Waals surface area contributed by atoms with Gasteiger partial charge in [-0.2, -0.15) is 13.2 Å². The average Bonchev–Trinajstić information content (AvgIpc) is 2.95. The Hall–Kier alpha value is -1.59. The summed E-state index contributed by atoms with van der Waals surface area (Å²) in [5, 5.41) is 6.36. The smallest absolute Gasteiger partial charge is 0.366 e. The fraction of sp³-hybridized carbons (Fsp3) is 0.538. The van der Waals surface area contributed by atoms with Crippen LogP contribution in [0, 0.1) is 0 Å². The van der Waals surface area contributed by atoms with Gasteiger partial charge in [-0.25, -0.2) is 15.2 Å². The summed E-state index contributed by atoms with van der Waals surface area (Å²) in [5.74, 6) is 0.211. The van der Waals surface area contributed by atoms with Crippen molar-refractivity contribution in [3.05, 3.63) is 16.7 Å². The van der Waals surface area contributed by atoms with E-state index < -0.39 is 30.9 Å². The summed E-state index contributed by atoms with van der Waals surface area (Å²) in [4.78, 5) is 15.6. The van der Waals surface area contributed by atoms with Crippen molar-refractivity contribution in [2.75, 3.05) is 37.1 Å². The minimum atomic E-state index is -4.52. The Morgan fingerprint density at radius 1 is 1.58 bits per heavy atom. The van der Waals surface area contributed by atoms with Gasteiger partial charge in [0.2, 0.25) is 0 Å². The van der Waals surface area contributed by atoms with Gasteiger partial charge in [0.05, 0.1) is 23.2 Å². The molecule has 0 aromatic carbocycles. The summed E-state index contributed by atoms with van der Waals surface area (Å²) in [6.45, 7) is 1.34. The first kappa shape index (κ1) is 18.7. The molecule has 1 aliphatic heterocycles. The van der Waals surface area contributed by atoms with Gasteiger partial charge in [0.1, 0.15) is 5.82 Å². The molecule has 24 heavy (non-hydrogen) atoms. The van der Waals surface area contributed by atoms with E-state index in [1.165, 1.54) is 17.3 Å². The van der Waals surface area contributed by atoms with Crippen molar-refractivity contribution >= 4 is 33.5 Å². The summed E-state index contributed by atoms with van der Waals surface area (Å²) < 4.78 is 45.0. The number of pyridine rings is 1. The first-order valence-corrected chi connectivity index (χ1v) is 7.85. The zero-order valence-electron chi connectivity index (χ0n) is 13.0. The minimum absolute atomic E-state index is 0.211. The molecule has 0 bridgehead atoms. The Balaban J connectivity index is 2.22. The van der Waals surface area contributed by atoms with Crippen molar-refractivity contribution < 1.29 is 22.7 Å². The van der Waals surface area contributed by atoms with Crippen LogP contribution < -0.4 is 21.1 Å². The number of hydrogen-bond acceptors (Lipinski definition) is 5. The van der Waals surface area contributed by atoms with E-state index in [-0.39, 0.29) is 5.82 Å². The SMILES string of the molecule is CCNC(=O)Nc1cc(N2CC(OC)(C(F)(F)F)CN2)c(Br)cn1. The molecule has 11 heteroatoms. The molecule has 0 radical (unpaired) electrons. The summed E-state index contributed by atoms with van der Waals surface area (Å²) in [7, 11) is 1.03. The number of anilines is 2. The number of carbonyl (C=O) groups excluding carboxylic acids is 1. The zero-order valence-corrected chi connectivity index (χ0v) is 14.6. The molecule has 0 aliphatic carbocycles. The molecule has 0 spiro atoms. The van der Waals surface area contributed by atoms with Crippen LogP contribution in [0.1, 0.15) is 6.92 Å². The average molecular weight is 412 g/mol. The monoisotopic (exact) mass is 411 g/mol. The number of amides is 2. The fourth-order valence-corrected chi connectivity index (χ4v) is 2.66. The van der Waals surface area contributed by atoms with Gasteiger partial charge in [-0.1, -0.05) is 0 Å². The molecule has 7 nitrogen and oxygen atoms in total. The third-order valence-corrected chi connectivity index (χ3v) is 4.19. The highest BCUT2D eigenvalue weighted by atomic mass is 79.9. The fourth-order valence-electron chi connectivity index (χ4n) is 2.23. The van der Waals surface area contributed by atoms with E-state index in [0.717, 1.165) is 7.11 Å². The molecule has 1 saturated heterocycles. The number of urea groups is 1. The predicted octanol–water partition coefficient (Wildman–Crippen LogP) is 2.26. The molecule has 1 unspecified atom stereocenters. The highest BCUT2D eigenvalue weighted by Gasteiger charge is 2.59. The van der Waals surface area contributed by atoms with Gasteiger partial charge in [0, 0.05) is 25.9 Å². The molecule has 2 rings (SSSR count). The number of carbonyl (C=O) groups is 1. The lowest BCUT2D eigenvalue weighted by atomic mass is 10.1. The highest BCUT2D eigenvalue weighted by Crippen LogP contribution is 2.39. The maximum atomic E-state index is 13.3. The molecule has 1 atom stereocenters. The van der Waals surface area contributed by atoms with Crippen LogP contribution >= 0.6 is 15.9 Å². The maximum absolute atomic E-state index is 13.3. The second-order valence-corrected chi connectivity index (χ2v) is 5.98. The lowest BCUT2D eigenvalue weighted by molar-refractivity contribution is -0.256. The Labute approximate surface area is 145 Å². The lowest BCUT2D eigenvalue weighted by Gasteiger charge is -2.29. The third-order valence-electron chi connectivity index (χ3n) is 3.58. The summed E-state index contributed by atoms with van der Waals surface area (Å²) >= 11 is 3.25. The van der Waals surface area contributed by atoms with E-state index in [0.29, 0.717) is 16.7 Å². The maximum Gasteiger partial charge on any atom is 0.420 e. The standard InChI is InChI=1S/C13H17BrF3N5O2/c1-3-18-11(23)21-10-4-9(8(14)5-19-10)22-7-12(24-2,6-20-22)13(15,16)17/h4-5,20H,3,6-7H2,1-2H3,(H2,18,19,21,23). The van der Waals surface area contributed by atoms with Crippen molar-refractivity contribution in [2.45, 2.75) is 18.7 Å².